The van der Waals surface area contributed by atoms with Crippen molar-refractivity contribution in [3.63, 3.8) is 0 Å². The first-order valence-corrected chi connectivity index (χ1v) is 10.1. The molecule has 0 saturated carbocycles. The average Bonchev–Trinajstić information content (AvgIpc) is 3.36. The lowest BCUT2D eigenvalue weighted by Crippen LogP contribution is -2.20. The second-order valence-electron chi connectivity index (χ2n) is 7.29. The summed E-state index contributed by atoms with van der Waals surface area (Å²) in [7, 11) is 0. The molecule has 0 radical (unpaired) electrons. The van der Waals surface area contributed by atoms with Crippen LogP contribution in [-0.2, 0) is 4.79 Å². The molecule has 5 heteroatoms. The molecule has 3 aromatic carbocycles. The number of fused-ring (bicyclic) bond motifs is 1. The van der Waals surface area contributed by atoms with Crippen molar-refractivity contribution in [2.45, 2.75) is 5.92 Å². The maximum Gasteiger partial charge on any atom is 0.323 e. The highest BCUT2D eigenvalue weighted by Crippen LogP contribution is 2.29. The third kappa shape index (κ3) is 3.84. The molecule has 2 aromatic heterocycles. The standard InChI is InChI=1S/C27H18O5/c28-22-17-25(24-12-7-15-30-24)32-23-14-13-20(16-21(22)23)31-27(29)26(18-8-3-1-4-9-18)19-10-5-2-6-11-19/h1-17,26H. The van der Waals surface area contributed by atoms with Crippen molar-refractivity contribution in [1.29, 1.82) is 0 Å². The number of hydrogen-bond acceptors (Lipinski definition) is 5. The molecule has 0 aliphatic rings. The van der Waals surface area contributed by atoms with E-state index in [4.69, 9.17) is 13.6 Å². The van der Waals surface area contributed by atoms with E-state index in [0.717, 1.165) is 11.1 Å². The van der Waals surface area contributed by atoms with Gasteiger partial charge in [0.25, 0.3) is 0 Å². The van der Waals surface area contributed by atoms with Crippen LogP contribution >= 0.6 is 0 Å². The maximum atomic E-state index is 13.2. The first-order valence-electron chi connectivity index (χ1n) is 10.1. The predicted octanol–water partition coefficient (Wildman–Crippen LogP) is 5.79. The Balaban J connectivity index is 1.48. The van der Waals surface area contributed by atoms with Gasteiger partial charge in [-0.25, -0.2) is 0 Å². The van der Waals surface area contributed by atoms with E-state index in [0.29, 0.717) is 22.5 Å². The van der Waals surface area contributed by atoms with Crippen molar-refractivity contribution in [3.05, 3.63) is 125 Å². The Morgan fingerprint density at radius 2 is 1.44 bits per heavy atom. The van der Waals surface area contributed by atoms with Gasteiger partial charge in [0, 0.05) is 6.07 Å². The highest BCUT2D eigenvalue weighted by atomic mass is 16.5. The molecule has 32 heavy (non-hydrogen) atoms. The lowest BCUT2D eigenvalue weighted by atomic mass is 9.91. The van der Waals surface area contributed by atoms with Gasteiger partial charge >= 0.3 is 5.97 Å². The molecule has 0 unspecified atom stereocenters. The third-order valence-electron chi connectivity index (χ3n) is 5.18. The molecule has 0 bridgehead atoms. The van der Waals surface area contributed by atoms with Crippen molar-refractivity contribution < 1.29 is 18.4 Å². The molecule has 0 amide bonds. The summed E-state index contributed by atoms with van der Waals surface area (Å²) in [6, 6.07) is 28.5. The number of carbonyl (C=O) groups is 1. The van der Waals surface area contributed by atoms with Gasteiger partial charge in [0.05, 0.1) is 11.6 Å². The summed E-state index contributed by atoms with van der Waals surface area (Å²) < 4.78 is 16.8. The Hall–Kier alpha value is -4.38. The maximum absolute atomic E-state index is 13.2. The highest BCUT2D eigenvalue weighted by Gasteiger charge is 2.25. The van der Waals surface area contributed by atoms with Gasteiger partial charge in [-0.2, -0.15) is 0 Å². The van der Waals surface area contributed by atoms with Gasteiger partial charge in [0.1, 0.15) is 17.3 Å². The molecule has 0 fully saturated rings. The lowest BCUT2D eigenvalue weighted by Gasteiger charge is -2.17. The fraction of sp³-hybridized carbons (Fsp3) is 0.0370. The van der Waals surface area contributed by atoms with E-state index in [9.17, 15) is 9.59 Å². The molecule has 0 aliphatic heterocycles. The summed E-state index contributed by atoms with van der Waals surface area (Å²) in [5, 5.41) is 0.321. The minimum absolute atomic E-state index is 0.252. The fourth-order valence-corrected chi connectivity index (χ4v) is 3.67. The minimum Gasteiger partial charge on any atom is -0.461 e. The average molecular weight is 422 g/mol. The van der Waals surface area contributed by atoms with Crippen LogP contribution in [0.4, 0.5) is 0 Å². The van der Waals surface area contributed by atoms with Crippen molar-refractivity contribution in [2.24, 2.45) is 0 Å². The third-order valence-corrected chi connectivity index (χ3v) is 5.18. The largest absolute Gasteiger partial charge is 0.461 e. The zero-order valence-corrected chi connectivity index (χ0v) is 16.9. The first kappa shape index (κ1) is 19.6. The monoisotopic (exact) mass is 422 g/mol. The topological polar surface area (TPSA) is 69.7 Å². The van der Waals surface area contributed by atoms with Crippen LogP contribution in [0.2, 0.25) is 0 Å². The molecule has 0 spiro atoms. The highest BCUT2D eigenvalue weighted by molar-refractivity contribution is 5.86. The number of benzene rings is 3. The quantitative estimate of drug-likeness (QED) is 0.265. The van der Waals surface area contributed by atoms with Crippen LogP contribution in [0.5, 0.6) is 5.75 Å². The van der Waals surface area contributed by atoms with Crippen LogP contribution in [0.25, 0.3) is 22.5 Å². The molecular weight excluding hydrogens is 404 g/mol. The summed E-state index contributed by atoms with van der Waals surface area (Å²) in [4.78, 5) is 25.9. The number of esters is 1. The Labute approximate surface area is 183 Å². The van der Waals surface area contributed by atoms with Gasteiger partial charge in [-0.3, -0.25) is 9.59 Å². The predicted molar refractivity (Wildman–Crippen MR) is 121 cm³/mol. The molecule has 5 rings (SSSR count). The van der Waals surface area contributed by atoms with E-state index in [1.165, 1.54) is 18.4 Å². The van der Waals surface area contributed by atoms with Crippen LogP contribution in [0, 0.1) is 0 Å². The number of rotatable bonds is 5. The fourth-order valence-electron chi connectivity index (χ4n) is 3.67. The summed E-state index contributed by atoms with van der Waals surface area (Å²) in [6.07, 6.45) is 1.51. The van der Waals surface area contributed by atoms with E-state index in [-0.39, 0.29) is 11.2 Å². The summed E-state index contributed by atoms with van der Waals surface area (Å²) >= 11 is 0. The zero-order chi connectivity index (χ0) is 21.9. The molecule has 0 saturated heterocycles. The van der Waals surface area contributed by atoms with E-state index in [1.807, 2.05) is 60.7 Å². The zero-order valence-electron chi connectivity index (χ0n) is 16.9. The summed E-state index contributed by atoms with van der Waals surface area (Å²) in [5.74, 6) is 0.0557. The van der Waals surface area contributed by atoms with E-state index < -0.39 is 11.9 Å². The van der Waals surface area contributed by atoms with Gasteiger partial charge in [0.2, 0.25) is 0 Å². The first-order chi connectivity index (χ1) is 15.7. The Kier molecular flexibility index (Phi) is 5.14. The summed E-state index contributed by atoms with van der Waals surface area (Å²) in [6.45, 7) is 0. The molecule has 156 valence electrons. The normalized spacial score (nSPS) is 11.0. The van der Waals surface area contributed by atoms with Crippen molar-refractivity contribution in [2.75, 3.05) is 0 Å². The number of hydrogen-bond donors (Lipinski definition) is 0. The van der Waals surface area contributed by atoms with Gasteiger partial charge in [0.15, 0.2) is 16.9 Å². The van der Waals surface area contributed by atoms with Gasteiger partial charge in [-0.1, -0.05) is 60.7 Å². The second-order valence-corrected chi connectivity index (χ2v) is 7.29. The minimum atomic E-state index is -0.592. The molecule has 5 aromatic rings. The SMILES string of the molecule is O=C(Oc1ccc2oc(-c3ccco3)cc(=O)c2c1)C(c1ccccc1)c1ccccc1. The summed E-state index contributed by atoms with van der Waals surface area (Å²) in [5.41, 5.74) is 1.78. The Bertz CT molecular complexity index is 1380. The lowest BCUT2D eigenvalue weighted by molar-refractivity contribution is -0.135. The molecule has 5 nitrogen and oxygen atoms in total. The van der Waals surface area contributed by atoms with Gasteiger partial charge < -0.3 is 13.6 Å². The smallest absolute Gasteiger partial charge is 0.323 e. The number of ether oxygens (including phenoxy) is 1. The molecule has 0 aliphatic carbocycles. The van der Waals surface area contributed by atoms with Crippen molar-refractivity contribution in [3.8, 4) is 17.3 Å². The van der Waals surface area contributed by atoms with Crippen LogP contribution in [0.3, 0.4) is 0 Å². The molecule has 0 atom stereocenters. The second kappa shape index (κ2) is 8.40. The number of carbonyl (C=O) groups excluding carboxylic acids is 1. The molecule has 0 N–H and O–H groups in total. The van der Waals surface area contributed by atoms with Crippen LogP contribution in [-0.4, -0.2) is 5.97 Å². The van der Waals surface area contributed by atoms with E-state index >= 15 is 0 Å². The Morgan fingerprint density at radius 1 is 0.750 bits per heavy atom. The van der Waals surface area contributed by atoms with Gasteiger partial charge in [-0.15, -0.1) is 0 Å². The van der Waals surface area contributed by atoms with E-state index in [1.54, 1.807) is 24.3 Å². The van der Waals surface area contributed by atoms with Crippen molar-refractivity contribution >= 4 is 16.9 Å². The number of furan rings is 1. The van der Waals surface area contributed by atoms with Crippen LogP contribution in [0.1, 0.15) is 17.0 Å². The molecular formula is C27H18O5. The Morgan fingerprint density at radius 3 is 2.06 bits per heavy atom. The van der Waals surface area contributed by atoms with Gasteiger partial charge in [-0.05, 0) is 41.5 Å². The van der Waals surface area contributed by atoms with Crippen LogP contribution < -0.4 is 10.2 Å². The van der Waals surface area contributed by atoms with E-state index in [2.05, 4.69) is 0 Å². The van der Waals surface area contributed by atoms with Crippen LogP contribution in [0.15, 0.2) is 117 Å². The van der Waals surface area contributed by atoms with Crippen molar-refractivity contribution in [1.82, 2.24) is 0 Å². The molecule has 2 heterocycles.